The van der Waals surface area contributed by atoms with Gasteiger partial charge in [0.1, 0.15) is 5.60 Å². The summed E-state index contributed by atoms with van der Waals surface area (Å²) in [6, 6.07) is 0. The molecule has 1 saturated heterocycles. The van der Waals surface area contributed by atoms with E-state index >= 15 is 0 Å². The summed E-state index contributed by atoms with van der Waals surface area (Å²) in [6.45, 7) is 18.3. The van der Waals surface area contributed by atoms with E-state index in [-0.39, 0.29) is 16.7 Å². The van der Waals surface area contributed by atoms with Crippen molar-refractivity contribution >= 4 is 15.9 Å². The third-order valence-corrected chi connectivity index (χ3v) is 4.99. The molecule has 1 fully saturated rings. The number of nitrogens with one attached hydrogen (secondary N) is 1. The molecule has 1 amide bonds. The lowest BCUT2D eigenvalue weighted by atomic mass is 9.83. The first kappa shape index (κ1) is 20.5. The number of piperidine rings is 1. The Balaban J connectivity index is 2.41. The zero-order chi connectivity index (χ0) is 17.9. The molecule has 6 heteroatoms. The van der Waals surface area contributed by atoms with Crippen LogP contribution in [0.1, 0.15) is 68.2 Å². The van der Waals surface area contributed by atoms with Gasteiger partial charge in [0.25, 0.3) is 0 Å². The van der Waals surface area contributed by atoms with Crippen molar-refractivity contribution in [1.29, 1.82) is 0 Å². The highest BCUT2D eigenvalue weighted by Crippen LogP contribution is 2.32. The van der Waals surface area contributed by atoms with Gasteiger partial charge < -0.3 is 9.16 Å². The number of rotatable bonds is 4. The maximum atomic E-state index is 11.8. The van der Waals surface area contributed by atoms with E-state index in [1.807, 2.05) is 25.8 Å². The highest BCUT2D eigenvalue weighted by Gasteiger charge is 2.35. The monoisotopic (exact) mass is 342 g/mol. The first-order valence-electron chi connectivity index (χ1n) is 8.48. The number of hydrazine groups is 1. The largest absolute Gasteiger partial charge is 0.443 e. The van der Waals surface area contributed by atoms with Crippen LogP contribution in [-0.4, -0.2) is 45.2 Å². The van der Waals surface area contributed by atoms with Crippen LogP contribution in [0, 0.1) is 5.92 Å². The fourth-order valence-corrected chi connectivity index (χ4v) is 3.22. The molecule has 2 radical (unpaired) electrons. The molecular weight excluding hydrogens is 308 g/mol. The zero-order valence-electron chi connectivity index (χ0n) is 16.1. The van der Waals surface area contributed by atoms with Crippen molar-refractivity contribution in [3.63, 3.8) is 0 Å². The number of carbonyl (C=O) groups excluding carboxylic acids is 1. The van der Waals surface area contributed by atoms with Crippen molar-refractivity contribution in [2.24, 2.45) is 5.92 Å². The van der Waals surface area contributed by atoms with E-state index in [1.165, 1.54) is 0 Å². The van der Waals surface area contributed by atoms with Crippen LogP contribution >= 0.6 is 0 Å². The van der Waals surface area contributed by atoms with E-state index in [9.17, 15) is 4.79 Å². The summed E-state index contributed by atoms with van der Waals surface area (Å²) in [4.78, 5) is 11.8. The van der Waals surface area contributed by atoms with Gasteiger partial charge in [-0.05, 0) is 58.4 Å². The number of nitrogens with zero attached hydrogens (tertiary/aromatic N) is 1. The van der Waals surface area contributed by atoms with E-state index in [2.05, 4.69) is 40.0 Å². The summed E-state index contributed by atoms with van der Waals surface area (Å²) >= 11 is 0. The standard InChI is InChI=1S/C17H34N2O3Si/c1-15(2,3)21-14(20)18-19-11-9-13(10-12-19)17(7,8)22-23-16(4,5)6/h13H,9-12H2,1-8H3,(H,18,20). The molecule has 0 aliphatic carbocycles. The first-order valence-corrected chi connectivity index (χ1v) is 9.39. The van der Waals surface area contributed by atoms with E-state index in [0.29, 0.717) is 15.7 Å². The van der Waals surface area contributed by atoms with Gasteiger partial charge in [0, 0.05) is 13.1 Å². The smallest absolute Gasteiger partial charge is 0.422 e. The predicted octanol–water partition coefficient (Wildman–Crippen LogP) is 3.77. The maximum absolute atomic E-state index is 11.8. The van der Waals surface area contributed by atoms with Crippen LogP contribution in [0.15, 0.2) is 0 Å². The summed E-state index contributed by atoms with van der Waals surface area (Å²) in [5.41, 5.74) is 2.25. The molecular formula is C17H34N2O3Si. The first-order chi connectivity index (χ1) is 10.3. The fraction of sp³-hybridized carbons (Fsp3) is 0.941. The summed E-state index contributed by atoms with van der Waals surface area (Å²) in [7, 11) is 0.498. The lowest BCUT2D eigenvalue weighted by Crippen LogP contribution is -2.51. The topological polar surface area (TPSA) is 50.8 Å². The summed E-state index contributed by atoms with van der Waals surface area (Å²) in [5.74, 6) is 0.508. The second-order valence-corrected chi connectivity index (χ2v) is 10.8. The number of amides is 1. The van der Waals surface area contributed by atoms with Gasteiger partial charge in [0.2, 0.25) is 9.76 Å². The lowest BCUT2D eigenvalue weighted by molar-refractivity contribution is -0.00931. The van der Waals surface area contributed by atoms with E-state index in [0.717, 1.165) is 25.9 Å². The summed E-state index contributed by atoms with van der Waals surface area (Å²) in [5, 5.41) is 2.16. The molecule has 5 nitrogen and oxygen atoms in total. The number of carbonyl (C=O) groups is 1. The second-order valence-electron chi connectivity index (χ2n) is 8.93. The van der Waals surface area contributed by atoms with Crippen LogP contribution in [-0.2, 0) is 9.16 Å². The highest BCUT2D eigenvalue weighted by molar-refractivity contribution is 6.31. The molecule has 0 spiro atoms. The Morgan fingerprint density at radius 2 is 1.57 bits per heavy atom. The Morgan fingerprint density at radius 3 is 2.00 bits per heavy atom. The molecule has 23 heavy (non-hydrogen) atoms. The van der Waals surface area contributed by atoms with Crippen LogP contribution in [0.25, 0.3) is 0 Å². The minimum absolute atomic E-state index is 0.121. The molecule has 0 saturated carbocycles. The molecule has 0 unspecified atom stereocenters. The Bertz CT molecular complexity index is 392. The molecule has 1 heterocycles. The zero-order valence-corrected chi connectivity index (χ0v) is 17.1. The van der Waals surface area contributed by atoms with Crippen LogP contribution in [0.4, 0.5) is 4.79 Å². The molecule has 0 atom stereocenters. The van der Waals surface area contributed by atoms with E-state index in [1.54, 1.807) is 0 Å². The molecule has 0 aromatic heterocycles. The molecule has 1 aliphatic heterocycles. The second kappa shape index (κ2) is 7.53. The maximum Gasteiger partial charge on any atom is 0.422 e. The third-order valence-electron chi connectivity index (χ3n) is 3.75. The quantitative estimate of drug-likeness (QED) is 0.790. The Kier molecular flexibility index (Phi) is 6.70. The normalized spacial score (nSPS) is 18.8. The SMILES string of the molecule is CC(C)(C)OC(=O)NN1CCC(C(C)(C)O[Si]C(C)(C)C)CC1. The van der Waals surface area contributed by atoms with Crippen molar-refractivity contribution in [1.82, 2.24) is 10.4 Å². The Hall–Kier alpha value is -0.593. The molecule has 1 rings (SSSR count). The van der Waals surface area contributed by atoms with Gasteiger partial charge in [0.15, 0.2) is 0 Å². The minimum atomic E-state index is -0.466. The van der Waals surface area contributed by atoms with Crippen LogP contribution in [0.2, 0.25) is 5.04 Å². The van der Waals surface area contributed by atoms with Crippen molar-refractivity contribution in [3.05, 3.63) is 0 Å². The molecule has 0 aromatic rings. The molecule has 1 aliphatic rings. The molecule has 134 valence electrons. The van der Waals surface area contributed by atoms with Gasteiger partial charge in [0.05, 0.1) is 5.60 Å². The van der Waals surface area contributed by atoms with Gasteiger partial charge >= 0.3 is 6.09 Å². The van der Waals surface area contributed by atoms with Crippen LogP contribution in [0.5, 0.6) is 0 Å². The van der Waals surface area contributed by atoms with E-state index < -0.39 is 5.60 Å². The number of hydrogen-bond donors (Lipinski definition) is 1. The molecule has 0 aromatic carbocycles. The van der Waals surface area contributed by atoms with Gasteiger partial charge in [-0.1, -0.05) is 20.8 Å². The van der Waals surface area contributed by atoms with E-state index in [4.69, 9.17) is 9.16 Å². The summed E-state index contributed by atoms with van der Waals surface area (Å²) in [6.07, 6.45) is 1.65. The highest BCUT2D eigenvalue weighted by atomic mass is 28.2. The van der Waals surface area contributed by atoms with Crippen molar-refractivity contribution in [2.75, 3.05) is 13.1 Å². The number of ether oxygens (including phenoxy) is 1. The van der Waals surface area contributed by atoms with Crippen LogP contribution in [0.3, 0.4) is 0 Å². The fourth-order valence-electron chi connectivity index (χ4n) is 2.48. The van der Waals surface area contributed by atoms with Gasteiger partial charge in [-0.2, -0.15) is 0 Å². The number of hydrogen-bond acceptors (Lipinski definition) is 4. The van der Waals surface area contributed by atoms with Gasteiger partial charge in [-0.3, -0.25) is 5.43 Å². The average molecular weight is 343 g/mol. The van der Waals surface area contributed by atoms with Crippen molar-refractivity contribution < 1.29 is 14.0 Å². The molecule has 0 bridgehead atoms. The van der Waals surface area contributed by atoms with Gasteiger partial charge in [-0.25, -0.2) is 9.80 Å². The Labute approximate surface area is 144 Å². The summed E-state index contributed by atoms with van der Waals surface area (Å²) < 4.78 is 11.5. The third kappa shape index (κ3) is 8.17. The average Bonchev–Trinajstić information content (AvgIpc) is 2.34. The molecule has 1 N–H and O–H groups in total. The van der Waals surface area contributed by atoms with Gasteiger partial charge in [-0.15, -0.1) is 0 Å². The van der Waals surface area contributed by atoms with Crippen molar-refractivity contribution in [2.45, 2.75) is 84.5 Å². The lowest BCUT2D eigenvalue weighted by Gasteiger charge is -2.41. The Morgan fingerprint density at radius 1 is 1.04 bits per heavy atom. The minimum Gasteiger partial charge on any atom is -0.443 e. The van der Waals surface area contributed by atoms with Crippen molar-refractivity contribution in [3.8, 4) is 0 Å². The predicted molar refractivity (Wildman–Crippen MR) is 94.3 cm³/mol. The van der Waals surface area contributed by atoms with Crippen LogP contribution < -0.4 is 5.43 Å².